The van der Waals surface area contributed by atoms with Crippen molar-refractivity contribution in [2.24, 2.45) is 0 Å². The SMILES string of the molecule is CCC(C)N(CC)CC(C#N)(NC(C)C)c1ccccc1. The van der Waals surface area contributed by atoms with Crippen LogP contribution in [0.1, 0.15) is 46.6 Å². The van der Waals surface area contributed by atoms with Crippen molar-refractivity contribution in [2.75, 3.05) is 13.1 Å². The fourth-order valence-electron chi connectivity index (χ4n) is 2.71. The average Bonchev–Trinajstić information content (AvgIpc) is 2.51. The molecule has 1 aromatic rings. The number of likely N-dealkylation sites (N-methyl/N-ethyl adjacent to an activating group) is 1. The van der Waals surface area contributed by atoms with Crippen LogP contribution in [0.5, 0.6) is 0 Å². The number of nitriles is 1. The van der Waals surface area contributed by atoms with Crippen LogP contribution in [0.4, 0.5) is 0 Å². The molecule has 2 atom stereocenters. The van der Waals surface area contributed by atoms with E-state index < -0.39 is 5.54 Å². The van der Waals surface area contributed by atoms with Gasteiger partial charge >= 0.3 is 0 Å². The number of hydrogen-bond donors (Lipinski definition) is 1. The van der Waals surface area contributed by atoms with E-state index in [9.17, 15) is 5.26 Å². The van der Waals surface area contributed by atoms with Gasteiger partial charge in [-0.25, -0.2) is 0 Å². The lowest BCUT2D eigenvalue weighted by Gasteiger charge is -2.38. The van der Waals surface area contributed by atoms with Gasteiger partial charge in [0, 0.05) is 18.6 Å². The van der Waals surface area contributed by atoms with Gasteiger partial charge < -0.3 is 0 Å². The molecule has 3 nitrogen and oxygen atoms in total. The predicted molar refractivity (Wildman–Crippen MR) is 89.0 cm³/mol. The molecule has 1 N–H and O–H groups in total. The zero-order chi connectivity index (χ0) is 15.9. The molecule has 0 bridgehead atoms. The van der Waals surface area contributed by atoms with E-state index in [0.29, 0.717) is 12.6 Å². The van der Waals surface area contributed by atoms with Crippen LogP contribution < -0.4 is 5.32 Å². The maximum Gasteiger partial charge on any atom is 0.145 e. The topological polar surface area (TPSA) is 39.1 Å². The summed E-state index contributed by atoms with van der Waals surface area (Å²) >= 11 is 0. The van der Waals surface area contributed by atoms with E-state index in [1.807, 2.05) is 30.3 Å². The monoisotopic (exact) mass is 287 g/mol. The van der Waals surface area contributed by atoms with Crippen molar-refractivity contribution in [3.8, 4) is 6.07 Å². The summed E-state index contributed by atoms with van der Waals surface area (Å²) < 4.78 is 0. The second-order valence-electron chi connectivity index (χ2n) is 6.00. The molecule has 0 radical (unpaired) electrons. The first-order valence-electron chi connectivity index (χ1n) is 7.97. The molecule has 116 valence electrons. The summed E-state index contributed by atoms with van der Waals surface area (Å²) in [7, 11) is 0. The summed E-state index contributed by atoms with van der Waals surface area (Å²) in [6, 6.07) is 13.4. The van der Waals surface area contributed by atoms with E-state index in [0.717, 1.165) is 18.5 Å². The Morgan fingerprint density at radius 1 is 1.19 bits per heavy atom. The van der Waals surface area contributed by atoms with Crippen molar-refractivity contribution in [1.29, 1.82) is 5.26 Å². The third kappa shape index (κ3) is 4.56. The Kier molecular flexibility index (Phi) is 6.87. The van der Waals surface area contributed by atoms with Gasteiger partial charge in [-0.15, -0.1) is 0 Å². The fraction of sp³-hybridized carbons (Fsp3) is 0.611. The molecule has 0 saturated heterocycles. The number of benzene rings is 1. The Morgan fingerprint density at radius 2 is 1.81 bits per heavy atom. The average molecular weight is 287 g/mol. The number of nitrogens with one attached hydrogen (secondary N) is 1. The molecule has 0 aliphatic rings. The summed E-state index contributed by atoms with van der Waals surface area (Å²) in [5.74, 6) is 0. The number of rotatable bonds is 8. The normalized spacial score (nSPS) is 15.7. The Labute approximate surface area is 130 Å². The van der Waals surface area contributed by atoms with Gasteiger partial charge in [0.2, 0.25) is 0 Å². The summed E-state index contributed by atoms with van der Waals surface area (Å²) in [5, 5.41) is 13.4. The molecule has 1 aromatic carbocycles. The minimum atomic E-state index is -0.658. The van der Waals surface area contributed by atoms with Crippen molar-refractivity contribution in [3.63, 3.8) is 0 Å². The quantitative estimate of drug-likeness (QED) is 0.795. The van der Waals surface area contributed by atoms with Crippen molar-refractivity contribution in [2.45, 2.75) is 58.7 Å². The summed E-state index contributed by atoms with van der Waals surface area (Å²) in [6.45, 7) is 12.4. The van der Waals surface area contributed by atoms with Crippen LogP contribution in [-0.2, 0) is 5.54 Å². The van der Waals surface area contributed by atoms with Crippen LogP contribution in [0, 0.1) is 11.3 Å². The largest absolute Gasteiger partial charge is 0.298 e. The molecule has 0 aliphatic carbocycles. The highest BCUT2D eigenvalue weighted by Crippen LogP contribution is 2.24. The van der Waals surface area contributed by atoms with Crippen molar-refractivity contribution in [3.05, 3.63) is 35.9 Å². The van der Waals surface area contributed by atoms with Crippen molar-refractivity contribution in [1.82, 2.24) is 10.2 Å². The lowest BCUT2D eigenvalue weighted by atomic mass is 9.89. The second-order valence-corrected chi connectivity index (χ2v) is 6.00. The van der Waals surface area contributed by atoms with E-state index in [4.69, 9.17) is 0 Å². The maximum atomic E-state index is 9.94. The summed E-state index contributed by atoms with van der Waals surface area (Å²) in [6.07, 6.45) is 1.09. The molecular weight excluding hydrogens is 258 g/mol. The summed E-state index contributed by atoms with van der Waals surface area (Å²) in [5.41, 5.74) is 0.387. The van der Waals surface area contributed by atoms with Crippen molar-refractivity contribution < 1.29 is 0 Å². The smallest absolute Gasteiger partial charge is 0.145 e. The highest BCUT2D eigenvalue weighted by Gasteiger charge is 2.35. The molecule has 0 spiro atoms. The first-order valence-corrected chi connectivity index (χ1v) is 7.97. The lowest BCUT2D eigenvalue weighted by Crippen LogP contribution is -2.54. The molecule has 0 amide bonds. The number of nitrogens with zero attached hydrogens (tertiary/aromatic N) is 2. The molecule has 1 rings (SSSR count). The van der Waals surface area contributed by atoms with Crippen molar-refractivity contribution >= 4 is 0 Å². The van der Waals surface area contributed by atoms with Crippen LogP contribution in [-0.4, -0.2) is 30.1 Å². The van der Waals surface area contributed by atoms with Crippen LogP contribution in [0.2, 0.25) is 0 Å². The molecule has 21 heavy (non-hydrogen) atoms. The second kappa shape index (κ2) is 8.17. The molecule has 0 aliphatic heterocycles. The Morgan fingerprint density at radius 3 is 2.24 bits per heavy atom. The van der Waals surface area contributed by atoms with Crippen LogP contribution in [0.15, 0.2) is 30.3 Å². The van der Waals surface area contributed by atoms with Gasteiger partial charge in [-0.3, -0.25) is 10.2 Å². The fourth-order valence-corrected chi connectivity index (χ4v) is 2.71. The predicted octanol–water partition coefficient (Wildman–Crippen LogP) is 3.52. The minimum Gasteiger partial charge on any atom is -0.298 e. The van der Waals surface area contributed by atoms with E-state index in [-0.39, 0.29) is 6.04 Å². The highest BCUT2D eigenvalue weighted by molar-refractivity contribution is 5.32. The van der Waals surface area contributed by atoms with Crippen LogP contribution in [0.3, 0.4) is 0 Å². The molecule has 2 unspecified atom stereocenters. The third-order valence-electron chi connectivity index (χ3n) is 4.05. The molecule has 3 heteroatoms. The molecular formula is C18H29N3. The first-order chi connectivity index (χ1) is 9.99. The Balaban J connectivity index is 3.16. The Bertz CT molecular complexity index is 449. The van der Waals surface area contributed by atoms with Gasteiger partial charge in [-0.2, -0.15) is 5.26 Å². The Hall–Kier alpha value is -1.37. The van der Waals surface area contributed by atoms with E-state index in [1.165, 1.54) is 0 Å². The lowest BCUT2D eigenvalue weighted by molar-refractivity contribution is 0.162. The van der Waals surface area contributed by atoms with Gasteiger partial charge in [0.1, 0.15) is 5.54 Å². The zero-order valence-corrected chi connectivity index (χ0v) is 14.1. The minimum absolute atomic E-state index is 0.250. The van der Waals surface area contributed by atoms with Gasteiger partial charge in [0.15, 0.2) is 0 Å². The standard InChI is InChI=1S/C18H29N3/c1-6-16(5)21(7-2)14-18(13-19,20-15(3)4)17-11-9-8-10-12-17/h8-12,15-16,20H,6-7,14H2,1-5H3. The van der Waals surface area contributed by atoms with E-state index in [2.05, 4.69) is 50.9 Å². The third-order valence-corrected chi connectivity index (χ3v) is 4.05. The summed E-state index contributed by atoms with van der Waals surface area (Å²) in [4.78, 5) is 2.38. The van der Waals surface area contributed by atoms with E-state index >= 15 is 0 Å². The zero-order valence-electron chi connectivity index (χ0n) is 14.1. The van der Waals surface area contributed by atoms with E-state index in [1.54, 1.807) is 0 Å². The van der Waals surface area contributed by atoms with Gasteiger partial charge in [-0.05, 0) is 39.3 Å². The van der Waals surface area contributed by atoms with Gasteiger partial charge in [0.25, 0.3) is 0 Å². The molecule has 0 aromatic heterocycles. The maximum absolute atomic E-state index is 9.94. The highest BCUT2D eigenvalue weighted by atomic mass is 15.2. The van der Waals surface area contributed by atoms with Crippen LogP contribution >= 0.6 is 0 Å². The molecule has 0 fully saturated rings. The first kappa shape index (κ1) is 17.7. The van der Waals surface area contributed by atoms with Gasteiger partial charge in [-0.1, -0.05) is 44.2 Å². The van der Waals surface area contributed by atoms with Gasteiger partial charge in [0.05, 0.1) is 6.07 Å². The molecule has 0 heterocycles. The van der Waals surface area contributed by atoms with Crippen LogP contribution in [0.25, 0.3) is 0 Å². The molecule has 0 saturated carbocycles. The number of hydrogen-bond acceptors (Lipinski definition) is 3.